The number of hydrogen-bond acceptors (Lipinski definition) is 0. The molecule has 0 aliphatic heterocycles. The summed E-state index contributed by atoms with van der Waals surface area (Å²) in [7, 11) is 0. The van der Waals surface area contributed by atoms with Crippen molar-refractivity contribution in [2.75, 3.05) is 0 Å². The van der Waals surface area contributed by atoms with E-state index in [2.05, 4.69) is 46.8 Å². The van der Waals surface area contributed by atoms with Gasteiger partial charge in [-0.3, -0.25) is 0 Å². The van der Waals surface area contributed by atoms with Gasteiger partial charge < -0.3 is 0 Å². The minimum Gasteiger partial charge on any atom is -0.0885 e. The minimum absolute atomic E-state index is 0.486. The Morgan fingerprint density at radius 2 is 1.26 bits per heavy atom. The molecule has 0 amide bonds. The van der Waals surface area contributed by atoms with E-state index in [1.807, 2.05) is 0 Å². The van der Waals surface area contributed by atoms with Crippen molar-refractivity contribution >= 4 is 0 Å². The molecule has 0 fully saturated rings. The molecule has 0 aliphatic rings. The quantitative estimate of drug-likeness (QED) is 0.275. The van der Waals surface area contributed by atoms with Crippen LogP contribution in [-0.4, -0.2) is 0 Å². The third-order valence-corrected chi connectivity index (χ3v) is 4.20. The molecule has 0 N–H and O–H groups in total. The van der Waals surface area contributed by atoms with Gasteiger partial charge in [0.1, 0.15) is 0 Å². The van der Waals surface area contributed by atoms with E-state index in [-0.39, 0.29) is 0 Å². The standard InChI is InChI=1S/C19H38/c1-6-8-10-11-12-13-14-15-17-18(16-9-7-2)19(3,4)5/h12-13,18H,6-11,14-17H2,1-5H3/b13-12-. The monoisotopic (exact) mass is 266 g/mol. The van der Waals surface area contributed by atoms with Crippen LogP contribution in [0, 0.1) is 11.3 Å². The molecule has 0 aromatic rings. The maximum absolute atomic E-state index is 2.41. The average Bonchev–Trinajstić information content (AvgIpc) is 2.34. The van der Waals surface area contributed by atoms with Crippen LogP contribution in [0.4, 0.5) is 0 Å². The second-order valence-electron chi connectivity index (χ2n) is 7.10. The fraction of sp³-hybridized carbons (Fsp3) is 0.895. The third-order valence-electron chi connectivity index (χ3n) is 4.20. The molecule has 0 bridgehead atoms. The van der Waals surface area contributed by atoms with E-state index >= 15 is 0 Å². The van der Waals surface area contributed by atoms with E-state index < -0.39 is 0 Å². The van der Waals surface area contributed by atoms with Gasteiger partial charge in [0.25, 0.3) is 0 Å². The summed E-state index contributed by atoms with van der Waals surface area (Å²) in [6.45, 7) is 11.8. The van der Waals surface area contributed by atoms with Gasteiger partial charge in [-0.1, -0.05) is 72.5 Å². The predicted octanol–water partition coefficient (Wildman–Crippen LogP) is 7.15. The lowest BCUT2D eigenvalue weighted by Crippen LogP contribution is -2.20. The SMILES string of the molecule is CCCCC/C=C\CCCC(CCCC)C(C)(C)C. The van der Waals surface area contributed by atoms with Gasteiger partial charge in [-0.25, -0.2) is 0 Å². The molecule has 19 heavy (non-hydrogen) atoms. The lowest BCUT2D eigenvalue weighted by Gasteiger charge is -2.31. The molecule has 0 spiro atoms. The molecule has 0 saturated carbocycles. The van der Waals surface area contributed by atoms with Crippen LogP contribution in [0.3, 0.4) is 0 Å². The Balaban J connectivity index is 3.74. The third kappa shape index (κ3) is 11.3. The van der Waals surface area contributed by atoms with Crippen molar-refractivity contribution in [2.24, 2.45) is 11.3 Å². The first-order valence-corrected chi connectivity index (χ1v) is 8.67. The number of hydrogen-bond donors (Lipinski definition) is 0. The summed E-state index contributed by atoms with van der Waals surface area (Å²) in [5.74, 6) is 0.904. The minimum atomic E-state index is 0.486. The van der Waals surface area contributed by atoms with Crippen molar-refractivity contribution in [3.05, 3.63) is 12.2 Å². The van der Waals surface area contributed by atoms with Gasteiger partial charge in [-0.2, -0.15) is 0 Å². The first-order chi connectivity index (χ1) is 9.02. The molecule has 1 atom stereocenters. The second-order valence-corrected chi connectivity index (χ2v) is 7.10. The van der Waals surface area contributed by atoms with Gasteiger partial charge in [0.15, 0.2) is 0 Å². The van der Waals surface area contributed by atoms with Crippen LogP contribution in [0.2, 0.25) is 0 Å². The molecule has 0 rings (SSSR count). The highest BCUT2D eigenvalue weighted by atomic mass is 14.3. The van der Waals surface area contributed by atoms with Gasteiger partial charge in [0, 0.05) is 0 Å². The zero-order valence-electron chi connectivity index (χ0n) is 14.3. The van der Waals surface area contributed by atoms with Crippen LogP contribution in [-0.2, 0) is 0 Å². The summed E-state index contributed by atoms with van der Waals surface area (Å²) in [6, 6.07) is 0. The van der Waals surface area contributed by atoms with E-state index in [1.165, 1.54) is 64.2 Å². The Bertz CT molecular complexity index is 207. The zero-order chi connectivity index (χ0) is 14.6. The number of allylic oxidation sites excluding steroid dienone is 2. The highest BCUT2D eigenvalue weighted by molar-refractivity contribution is 4.82. The molecule has 0 radical (unpaired) electrons. The fourth-order valence-corrected chi connectivity index (χ4v) is 2.69. The first-order valence-electron chi connectivity index (χ1n) is 8.67. The Hall–Kier alpha value is -0.260. The van der Waals surface area contributed by atoms with E-state index in [0.29, 0.717) is 5.41 Å². The normalized spacial score (nSPS) is 14.2. The molecule has 114 valence electrons. The summed E-state index contributed by atoms with van der Waals surface area (Å²) < 4.78 is 0. The summed E-state index contributed by atoms with van der Waals surface area (Å²) in [6.07, 6.45) is 18.4. The molecular weight excluding hydrogens is 228 g/mol. The van der Waals surface area contributed by atoms with Crippen LogP contribution >= 0.6 is 0 Å². The van der Waals surface area contributed by atoms with Crippen LogP contribution < -0.4 is 0 Å². The van der Waals surface area contributed by atoms with Crippen molar-refractivity contribution in [1.29, 1.82) is 0 Å². The largest absolute Gasteiger partial charge is 0.0885 e. The van der Waals surface area contributed by atoms with Crippen molar-refractivity contribution < 1.29 is 0 Å². The molecule has 0 heteroatoms. The maximum Gasteiger partial charge on any atom is -0.0351 e. The Morgan fingerprint density at radius 3 is 1.79 bits per heavy atom. The fourth-order valence-electron chi connectivity index (χ4n) is 2.69. The highest BCUT2D eigenvalue weighted by Gasteiger charge is 2.22. The van der Waals surface area contributed by atoms with E-state index in [9.17, 15) is 0 Å². The topological polar surface area (TPSA) is 0 Å². The summed E-state index contributed by atoms with van der Waals surface area (Å²) in [5, 5.41) is 0. The van der Waals surface area contributed by atoms with Gasteiger partial charge in [-0.15, -0.1) is 0 Å². The van der Waals surface area contributed by atoms with Crippen LogP contribution in [0.5, 0.6) is 0 Å². The van der Waals surface area contributed by atoms with Crippen LogP contribution in [0.1, 0.15) is 98.8 Å². The molecule has 0 aromatic heterocycles. The van der Waals surface area contributed by atoms with Crippen LogP contribution in [0.25, 0.3) is 0 Å². The lowest BCUT2D eigenvalue weighted by atomic mass is 9.75. The van der Waals surface area contributed by atoms with Gasteiger partial charge in [0.2, 0.25) is 0 Å². The van der Waals surface area contributed by atoms with Gasteiger partial charge in [-0.05, 0) is 49.9 Å². The molecule has 0 heterocycles. The van der Waals surface area contributed by atoms with Crippen molar-refractivity contribution in [2.45, 2.75) is 98.8 Å². The summed E-state index contributed by atoms with van der Waals surface area (Å²) >= 11 is 0. The number of rotatable bonds is 11. The molecular formula is C19H38. The van der Waals surface area contributed by atoms with E-state index in [1.54, 1.807) is 0 Å². The van der Waals surface area contributed by atoms with Crippen LogP contribution in [0.15, 0.2) is 12.2 Å². The molecule has 0 aromatic carbocycles. The predicted molar refractivity (Wildman–Crippen MR) is 89.6 cm³/mol. The molecule has 0 aliphatic carbocycles. The van der Waals surface area contributed by atoms with Gasteiger partial charge in [0.05, 0.1) is 0 Å². The van der Waals surface area contributed by atoms with Gasteiger partial charge >= 0.3 is 0 Å². The number of unbranched alkanes of at least 4 members (excludes halogenated alkanes) is 5. The van der Waals surface area contributed by atoms with Crippen molar-refractivity contribution in [3.63, 3.8) is 0 Å². The summed E-state index contributed by atoms with van der Waals surface area (Å²) in [4.78, 5) is 0. The van der Waals surface area contributed by atoms with E-state index in [4.69, 9.17) is 0 Å². The Labute approximate surface area is 123 Å². The highest BCUT2D eigenvalue weighted by Crippen LogP contribution is 2.34. The molecule has 0 saturated heterocycles. The zero-order valence-corrected chi connectivity index (χ0v) is 14.3. The summed E-state index contributed by atoms with van der Waals surface area (Å²) in [5.41, 5.74) is 0.486. The Kier molecular flexibility index (Phi) is 11.4. The molecule has 0 nitrogen and oxygen atoms in total. The molecule has 1 unspecified atom stereocenters. The maximum atomic E-state index is 2.41. The van der Waals surface area contributed by atoms with Crippen molar-refractivity contribution in [3.8, 4) is 0 Å². The Morgan fingerprint density at radius 1 is 0.737 bits per heavy atom. The second kappa shape index (κ2) is 11.6. The average molecular weight is 267 g/mol. The van der Waals surface area contributed by atoms with Crippen molar-refractivity contribution in [1.82, 2.24) is 0 Å². The van der Waals surface area contributed by atoms with E-state index in [0.717, 1.165) is 5.92 Å². The lowest BCUT2D eigenvalue weighted by molar-refractivity contribution is 0.204. The first kappa shape index (κ1) is 18.7. The smallest absolute Gasteiger partial charge is 0.0351 e.